The molecular formula is C24H25N3O5S. The van der Waals surface area contributed by atoms with E-state index in [1.807, 2.05) is 43.3 Å². The van der Waals surface area contributed by atoms with Crippen LogP contribution >= 0.6 is 0 Å². The standard InChI is InChI=1S/C24H25N3O5S/c1-14-4-6-17(7-5-14)27-23-18-12-21(32-3)20(31-2)11-15(18)10-19(23)22(26-27)24(28)25-16-8-9-33(29,30)13-16/h4-7,11-12,16H,8-10,13H2,1-3H3,(H,25,28). The van der Waals surface area contributed by atoms with Crippen LogP contribution in [0.1, 0.15) is 33.6 Å². The minimum atomic E-state index is -3.10. The van der Waals surface area contributed by atoms with Crippen LogP contribution in [0.25, 0.3) is 16.9 Å². The van der Waals surface area contributed by atoms with Crippen molar-refractivity contribution in [1.82, 2.24) is 15.1 Å². The minimum absolute atomic E-state index is 0.0335. The molecule has 1 atom stereocenters. The molecule has 33 heavy (non-hydrogen) atoms. The van der Waals surface area contributed by atoms with Crippen molar-refractivity contribution < 1.29 is 22.7 Å². The number of carbonyl (C=O) groups excluding carboxylic acids is 1. The number of nitrogens with zero attached hydrogens (tertiary/aromatic N) is 2. The monoisotopic (exact) mass is 467 g/mol. The number of hydrogen-bond donors (Lipinski definition) is 1. The lowest BCUT2D eigenvalue weighted by molar-refractivity contribution is 0.0935. The van der Waals surface area contributed by atoms with E-state index in [2.05, 4.69) is 5.32 Å². The summed E-state index contributed by atoms with van der Waals surface area (Å²) in [7, 11) is 0.0775. The van der Waals surface area contributed by atoms with E-state index in [1.54, 1.807) is 18.9 Å². The van der Waals surface area contributed by atoms with Crippen molar-refractivity contribution in [3.63, 3.8) is 0 Å². The van der Waals surface area contributed by atoms with Gasteiger partial charge in [-0.1, -0.05) is 17.7 Å². The van der Waals surface area contributed by atoms with E-state index in [-0.39, 0.29) is 17.4 Å². The highest BCUT2D eigenvalue weighted by Crippen LogP contribution is 2.44. The summed E-state index contributed by atoms with van der Waals surface area (Å²) in [4.78, 5) is 13.2. The second-order valence-electron chi connectivity index (χ2n) is 8.54. The molecule has 3 aromatic rings. The van der Waals surface area contributed by atoms with Gasteiger partial charge in [0.15, 0.2) is 27.0 Å². The number of rotatable bonds is 5. The molecule has 9 heteroatoms. The highest BCUT2D eigenvalue weighted by Gasteiger charge is 2.35. The fourth-order valence-corrected chi connectivity index (χ4v) is 6.26. The lowest BCUT2D eigenvalue weighted by atomic mass is 10.1. The number of aryl methyl sites for hydroxylation is 1. The van der Waals surface area contributed by atoms with Crippen LogP contribution in [0.4, 0.5) is 0 Å². The first kappa shape index (κ1) is 21.5. The summed E-state index contributed by atoms with van der Waals surface area (Å²) in [5.41, 5.74) is 5.84. The van der Waals surface area contributed by atoms with Gasteiger partial charge < -0.3 is 14.8 Å². The average molecular weight is 468 g/mol. The van der Waals surface area contributed by atoms with E-state index >= 15 is 0 Å². The topological polar surface area (TPSA) is 99.5 Å². The van der Waals surface area contributed by atoms with Gasteiger partial charge in [0.2, 0.25) is 0 Å². The normalized spacial score (nSPS) is 18.0. The molecule has 1 fully saturated rings. The van der Waals surface area contributed by atoms with Crippen LogP contribution in [0.3, 0.4) is 0 Å². The highest BCUT2D eigenvalue weighted by atomic mass is 32.2. The lowest BCUT2D eigenvalue weighted by Crippen LogP contribution is -2.36. The van der Waals surface area contributed by atoms with Crippen LogP contribution in [-0.4, -0.2) is 55.9 Å². The van der Waals surface area contributed by atoms with Gasteiger partial charge in [0.05, 0.1) is 37.1 Å². The van der Waals surface area contributed by atoms with Gasteiger partial charge in [-0.3, -0.25) is 4.79 Å². The molecule has 5 rings (SSSR count). The molecule has 0 bridgehead atoms. The predicted octanol–water partition coefficient (Wildman–Crippen LogP) is 2.69. The van der Waals surface area contributed by atoms with Crippen molar-refractivity contribution in [2.45, 2.75) is 25.8 Å². The molecule has 0 radical (unpaired) electrons. The molecule has 1 amide bonds. The lowest BCUT2D eigenvalue weighted by Gasteiger charge is -2.12. The van der Waals surface area contributed by atoms with Crippen molar-refractivity contribution in [2.24, 2.45) is 0 Å². The number of carbonyl (C=O) groups is 1. The molecule has 2 heterocycles. The SMILES string of the molecule is COc1cc2c(cc1OC)-c1c(c(C(=O)NC3CCS(=O)(=O)C3)nn1-c1ccc(C)cc1)C2. The zero-order chi connectivity index (χ0) is 23.3. The molecule has 1 N–H and O–H groups in total. The Morgan fingerprint density at radius 2 is 1.82 bits per heavy atom. The molecule has 1 aliphatic carbocycles. The molecule has 2 aliphatic rings. The van der Waals surface area contributed by atoms with Crippen LogP contribution in [0.15, 0.2) is 36.4 Å². The Kier molecular flexibility index (Phi) is 5.16. The van der Waals surface area contributed by atoms with Gasteiger partial charge in [-0.2, -0.15) is 5.10 Å². The van der Waals surface area contributed by atoms with E-state index < -0.39 is 15.9 Å². The first-order chi connectivity index (χ1) is 15.8. The van der Waals surface area contributed by atoms with Crippen LogP contribution in [-0.2, 0) is 16.3 Å². The summed E-state index contributed by atoms with van der Waals surface area (Å²) >= 11 is 0. The van der Waals surface area contributed by atoms with Crippen LogP contribution in [0.2, 0.25) is 0 Å². The summed E-state index contributed by atoms with van der Waals surface area (Å²) in [5.74, 6) is 0.930. The second-order valence-corrected chi connectivity index (χ2v) is 10.8. The zero-order valence-corrected chi connectivity index (χ0v) is 19.5. The molecule has 0 spiro atoms. The third-order valence-electron chi connectivity index (χ3n) is 6.28. The van der Waals surface area contributed by atoms with E-state index in [1.165, 1.54) is 0 Å². The number of ether oxygens (including phenoxy) is 2. The fourth-order valence-electron chi connectivity index (χ4n) is 4.59. The average Bonchev–Trinajstić information content (AvgIpc) is 3.44. The summed E-state index contributed by atoms with van der Waals surface area (Å²) in [6, 6.07) is 11.4. The summed E-state index contributed by atoms with van der Waals surface area (Å²) < 4.78 is 36.4. The molecule has 172 valence electrons. The third kappa shape index (κ3) is 3.76. The Hall–Kier alpha value is -3.33. The number of hydrogen-bond acceptors (Lipinski definition) is 6. The Morgan fingerprint density at radius 3 is 2.45 bits per heavy atom. The van der Waals surface area contributed by atoms with Gasteiger partial charge in [-0.05, 0) is 43.2 Å². The number of amides is 1. The third-order valence-corrected chi connectivity index (χ3v) is 8.04. The smallest absolute Gasteiger partial charge is 0.272 e. The Morgan fingerprint density at radius 1 is 1.12 bits per heavy atom. The fraction of sp³-hybridized carbons (Fsp3) is 0.333. The molecule has 2 aromatic carbocycles. The highest BCUT2D eigenvalue weighted by molar-refractivity contribution is 7.91. The zero-order valence-electron chi connectivity index (χ0n) is 18.7. The number of aromatic nitrogens is 2. The molecule has 1 unspecified atom stereocenters. The predicted molar refractivity (Wildman–Crippen MR) is 124 cm³/mol. The number of fused-ring (bicyclic) bond motifs is 3. The molecule has 1 saturated heterocycles. The molecule has 1 aromatic heterocycles. The summed E-state index contributed by atoms with van der Waals surface area (Å²) in [6.07, 6.45) is 0.937. The van der Waals surface area contributed by atoms with Crippen LogP contribution in [0, 0.1) is 6.92 Å². The second kappa shape index (κ2) is 7.91. The van der Waals surface area contributed by atoms with Crippen molar-refractivity contribution in [3.8, 4) is 28.4 Å². The maximum atomic E-state index is 13.2. The number of sulfone groups is 1. The van der Waals surface area contributed by atoms with Gasteiger partial charge in [-0.25, -0.2) is 13.1 Å². The number of benzene rings is 2. The van der Waals surface area contributed by atoms with Crippen molar-refractivity contribution in [3.05, 3.63) is 58.8 Å². The summed E-state index contributed by atoms with van der Waals surface area (Å²) in [5, 5.41) is 7.57. The maximum absolute atomic E-state index is 13.2. The first-order valence-corrected chi connectivity index (χ1v) is 12.6. The van der Waals surface area contributed by atoms with Crippen molar-refractivity contribution >= 4 is 15.7 Å². The number of methoxy groups -OCH3 is 2. The van der Waals surface area contributed by atoms with Crippen LogP contribution in [0.5, 0.6) is 11.5 Å². The van der Waals surface area contributed by atoms with Gasteiger partial charge in [0.1, 0.15) is 0 Å². The van der Waals surface area contributed by atoms with Gasteiger partial charge in [0.25, 0.3) is 5.91 Å². The van der Waals surface area contributed by atoms with E-state index in [0.29, 0.717) is 30.0 Å². The molecular weight excluding hydrogens is 442 g/mol. The molecule has 8 nitrogen and oxygen atoms in total. The van der Waals surface area contributed by atoms with E-state index in [9.17, 15) is 13.2 Å². The summed E-state index contributed by atoms with van der Waals surface area (Å²) in [6.45, 7) is 2.01. The van der Waals surface area contributed by atoms with Gasteiger partial charge >= 0.3 is 0 Å². The van der Waals surface area contributed by atoms with Crippen molar-refractivity contribution in [1.29, 1.82) is 0 Å². The van der Waals surface area contributed by atoms with Crippen LogP contribution < -0.4 is 14.8 Å². The first-order valence-electron chi connectivity index (χ1n) is 10.7. The van der Waals surface area contributed by atoms with E-state index in [0.717, 1.165) is 33.6 Å². The molecule has 0 saturated carbocycles. The quantitative estimate of drug-likeness (QED) is 0.485. The van der Waals surface area contributed by atoms with Gasteiger partial charge in [0, 0.05) is 23.6 Å². The Labute approximate surface area is 192 Å². The van der Waals surface area contributed by atoms with Crippen molar-refractivity contribution in [2.75, 3.05) is 25.7 Å². The number of nitrogens with one attached hydrogen (secondary N) is 1. The largest absolute Gasteiger partial charge is 0.493 e. The maximum Gasteiger partial charge on any atom is 0.272 e. The Bertz CT molecular complexity index is 1360. The van der Waals surface area contributed by atoms with E-state index in [4.69, 9.17) is 14.6 Å². The molecule has 1 aliphatic heterocycles. The van der Waals surface area contributed by atoms with Gasteiger partial charge in [-0.15, -0.1) is 0 Å². The minimum Gasteiger partial charge on any atom is -0.493 e. The Balaban J connectivity index is 1.61.